The Kier molecular flexibility index (Phi) is 5.03. The maximum atomic E-state index is 13.2. The molecule has 0 bridgehead atoms. The number of anilines is 1. The number of halogens is 1. The number of imide groups is 1. The minimum absolute atomic E-state index is 0.0116. The third-order valence-electron chi connectivity index (χ3n) is 6.20. The first-order valence-electron chi connectivity index (χ1n) is 10.3. The van der Waals surface area contributed by atoms with Gasteiger partial charge in [0.05, 0.1) is 31.4 Å². The van der Waals surface area contributed by atoms with E-state index in [0.29, 0.717) is 18.9 Å². The zero-order valence-corrected chi connectivity index (χ0v) is 18.4. The van der Waals surface area contributed by atoms with Crippen LogP contribution in [0.25, 0.3) is 0 Å². The van der Waals surface area contributed by atoms with Gasteiger partial charge in [0.2, 0.25) is 5.91 Å². The molecule has 0 N–H and O–H groups in total. The van der Waals surface area contributed by atoms with Crippen LogP contribution in [0.3, 0.4) is 0 Å². The van der Waals surface area contributed by atoms with Crippen LogP contribution in [0.4, 0.5) is 5.69 Å². The molecule has 0 aliphatic carbocycles. The van der Waals surface area contributed by atoms with Crippen molar-refractivity contribution in [3.63, 3.8) is 0 Å². The summed E-state index contributed by atoms with van der Waals surface area (Å²) in [6.07, 6.45) is 1.89. The Morgan fingerprint density at radius 3 is 2.47 bits per heavy atom. The van der Waals surface area contributed by atoms with Crippen LogP contribution in [-0.4, -0.2) is 42.5 Å². The van der Waals surface area contributed by atoms with Crippen molar-refractivity contribution in [2.75, 3.05) is 24.7 Å². The third kappa shape index (κ3) is 3.30. The summed E-state index contributed by atoms with van der Waals surface area (Å²) >= 11 is 3.40. The van der Waals surface area contributed by atoms with Gasteiger partial charge in [0.1, 0.15) is 0 Å². The lowest BCUT2D eigenvalue weighted by molar-refractivity contribution is -0.123. The summed E-state index contributed by atoms with van der Waals surface area (Å²) in [5.74, 6) is 1.28. The van der Waals surface area contributed by atoms with Gasteiger partial charge in [0, 0.05) is 23.5 Å². The van der Waals surface area contributed by atoms with E-state index in [-0.39, 0.29) is 24.3 Å². The number of fused-ring (bicyclic) bond motifs is 2. The topological polar surface area (TPSA) is 59.1 Å². The molecule has 2 amide bonds. The maximum absolute atomic E-state index is 13.2. The van der Waals surface area contributed by atoms with E-state index in [1.807, 2.05) is 12.1 Å². The van der Waals surface area contributed by atoms with Crippen LogP contribution in [0.15, 0.2) is 40.9 Å². The first-order chi connectivity index (χ1) is 14.5. The standard InChI is InChI=1S/C23H23BrN2O4/c1-14-18-12-21-20(29-9-2-10-30-21)11-15(18)7-8-25(14)19-13-22(27)26(23(19)28)17-5-3-16(24)4-6-17/h3-6,11-12,14,19H,2,7-10,13H2,1H3/t14-,19+/m0/s1. The summed E-state index contributed by atoms with van der Waals surface area (Å²) in [6.45, 7) is 4.13. The molecule has 3 aliphatic heterocycles. The van der Waals surface area contributed by atoms with Crippen molar-refractivity contribution >= 4 is 33.4 Å². The van der Waals surface area contributed by atoms with E-state index in [0.717, 1.165) is 40.9 Å². The maximum Gasteiger partial charge on any atom is 0.251 e. The first kappa shape index (κ1) is 19.6. The lowest BCUT2D eigenvalue weighted by atomic mass is 9.91. The Hall–Kier alpha value is -2.38. The SMILES string of the molecule is C[C@H]1c2cc3c(cc2CCN1[C@@H]1CC(=O)N(c2ccc(Br)cc2)C1=O)OCCCO3. The number of nitrogens with zero attached hydrogens (tertiary/aromatic N) is 2. The molecule has 0 saturated carbocycles. The zero-order chi connectivity index (χ0) is 20.8. The van der Waals surface area contributed by atoms with Gasteiger partial charge >= 0.3 is 0 Å². The molecule has 30 heavy (non-hydrogen) atoms. The summed E-state index contributed by atoms with van der Waals surface area (Å²) < 4.78 is 12.6. The van der Waals surface area contributed by atoms with Crippen LogP contribution in [0.2, 0.25) is 0 Å². The number of carbonyl (C=O) groups is 2. The van der Waals surface area contributed by atoms with E-state index in [2.05, 4.69) is 39.9 Å². The van der Waals surface area contributed by atoms with Gasteiger partial charge in [-0.05, 0) is 60.9 Å². The van der Waals surface area contributed by atoms with Gasteiger partial charge in [-0.3, -0.25) is 14.5 Å². The van der Waals surface area contributed by atoms with Crippen molar-refractivity contribution in [3.8, 4) is 11.5 Å². The molecule has 0 aromatic heterocycles. The number of hydrogen-bond acceptors (Lipinski definition) is 5. The van der Waals surface area contributed by atoms with Crippen LogP contribution in [-0.2, 0) is 16.0 Å². The molecule has 2 aromatic rings. The van der Waals surface area contributed by atoms with Gasteiger partial charge in [-0.2, -0.15) is 0 Å². The van der Waals surface area contributed by atoms with Crippen molar-refractivity contribution in [1.29, 1.82) is 0 Å². The second-order valence-electron chi connectivity index (χ2n) is 7.98. The fraction of sp³-hybridized carbons (Fsp3) is 0.391. The van der Waals surface area contributed by atoms with Crippen LogP contribution >= 0.6 is 15.9 Å². The second kappa shape index (κ2) is 7.71. The predicted molar refractivity (Wildman–Crippen MR) is 116 cm³/mol. The number of hydrogen-bond donors (Lipinski definition) is 0. The molecular formula is C23H23BrN2O4. The van der Waals surface area contributed by atoms with Gasteiger partial charge in [0.25, 0.3) is 5.91 Å². The quantitative estimate of drug-likeness (QED) is 0.623. The highest BCUT2D eigenvalue weighted by molar-refractivity contribution is 9.10. The molecule has 1 fully saturated rings. The Morgan fingerprint density at radius 2 is 1.73 bits per heavy atom. The number of ether oxygens (including phenoxy) is 2. The fourth-order valence-electron chi connectivity index (χ4n) is 4.66. The summed E-state index contributed by atoms with van der Waals surface area (Å²) in [6, 6.07) is 11.0. The molecule has 156 valence electrons. The predicted octanol–water partition coefficient (Wildman–Crippen LogP) is 3.86. The highest BCUT2D eigenvalue weighted by Gasteiger charge is 2.45. The summed E-state index contributed by atoms with van der Waals surface area (Å²) in [5, 5.41) is 0. The van der Waals surface area contributed by atoms with Gasteiger partial charge in [0.15, 0.2) is 11.5 Å². The van der Waals surface area contributed by atoms with Crippen LogP contribution in [0, 0.1) is 0 Å². The molecule has 0 unspecified atom stereocenters. The van der Waals surface area contributed by atoms with Crippen molar-refractivity contribution < 1.29 is 19.1 Å². The number of amides is 2. The molecule has 5 rings (SSSR count). The number of rotatable bonds is 2. The van der Waals surface area contributed by atoms with Gasteiger partial charge in [-0.1, -0.05) is 15.9 Å². The highest BCUT2D eigenvalue weighted by atomic mass is 79.9. The molecule has 3 heterocycles. The summed E-state index contributed by atoms with van der Waals surface area (Å²) in [5.41, 5.74) is 2.99. The van der Waals surface area contributed by atoms with Crippen molar-refractivity contribution in [3.05, 3.63) is 52.0 Å². The van der Waals surface area contributed by atoms with Gasteiger partial charge in [-0.25, -0.2) is 4.90 Å². The minimum atomic E-state index is -0.444. The highest BCUT2D eigenvalue weighted by Crippen LogP contribution is 2.41. The van der Waals surface area contributed by atoms with E-state index in [9.17, 15) is 9.59 Å². The molecule has 1 saturated heterocycles. The summed E-state index contributed by atoms with van der Waals surface area (Å²) in [4.78, 5) is 29.5. The fourth-order valence-corrected chi connectivity index (χ4v) is 4.92. The van der Waals surface area contributed by atoms with Crippen molar-refractivity contribution in [2.24, 2.45) is 0 Å². The van der Waals surface area contributed by atoms with Crippen molar-refractivity contribution in [1.82, 2.24) is 4.90 Å². The molecule has 2 aromatic carbocycles. The second-order valence-corrected chi connectivity index (χ2v) is 8.89. The van der Waals surface area contributed by atoms with E-state index >= 15 is 0 Å². The van der Waals surface area contributed by atoms with E-state index < -0.39 is 6.04 Å². The normalized spacial score (nSPS) is 24.0. The molecule has 3 aliphatic rings. The van der Waals surface area contributed by atoms with Gasteiger partial charge < -0.3 is 9.47 Å². The van der Waals surface area contributed by atoms with Crippen LogP contribution in [0.5, 0.6) is 11.5 Å². The van der Waals surface area contributed by atoms with Crippen molar-refractivity contribution in [2.45, 2.75) is 38.3 Å². The molecule has 0 spiro atoms. The van der Waals surface area contributed by atoms with Gasteiger partial charge in [-0.15, -0.1) is 0 Å². The molecule has 7 heteroatoms. The van der Waals surface area contributed by atoms with Crippen LogP contribution < -0.4 is 14.4 Å². The summed E-state index contributed by atoms with van der Waals surface area (Å²) in [7, 11) is 0. The smallest absolute Gasteiger partial charge is 0.251 e. The monoisotopic (exact) mass is 470 g/mol. The molecular weight excluding hydrogens is 448 g/mol. The first-order valence-corrected chi connectivity index (χ1v) is 11.1. The largest absolute Gasteiger partial charge is 0.490 e. The number of carbonyl (C=O) groups excluding carboxylic acids is 2. The lowest BCUT2D eigenvalue weighted by Gasteiger charge is -2.38. The van der Waals surface area contributed by atoms with Crippen LogP contribution in [0.1, 0.15) is 36.9 Å². The Morgan fingerprint density at radius 1 is 1.03 bits per heavy atom. The third-order valence-corrected chi connectivity index (χ3v) is 6.73. The average Bonchev–Trinajstić information content (AvgIpc) is 2.90. The van der Waals surface area contributed by atoms with E-state index in [4.69, 9.17) is 9.47 Å². The average molecular weight is 471 g/mol. The Balaban J connectivity index is 1.42. The minimum Gasteiger partial charge on any atom is -0.490 e. The number of benzene rings is 2. The van der Waals surface area contributed by atoms with E-state index in [1.165, 1.54) is 10.5 Å². The Labute approximate surface area is 183 Å². The lowest BCUT2D eigenvalue weighted by Crippen LogP contribution is -2.46. The van der Waals surface area contributed by atoms with E-state index in [1.54, 1.807) is 12.1 Å². The molecule has 6 nitrogen and oxygen atoms in total. The zero-order valence-electron chi connectivity index (χ0n) is 16.8. The molecule has 0 radical (unpaired) electrons. The molecule has 2 atom stereocenters. The Bertz CT molecular complexity index is 1010.